The number of aryl methyl sites for hydroxylation is 2. The van der Waals surface area contributed by atoms with Crippen molar-refractivity contribution < 1.29 is 17.7 Å². The molecule has 0 bridgehead atoms. The first-order chi connectivity index (χ1) is 15.8. The van der Waals surface area contributed by atoms with Crippen LogP contribution in [-0.2, 0) is 6.42 Å². The molecular weight excluding hydrogens is 455 g/mol. The number of halogens is 4. The Bertz CT molecular complexity index is 1490. The van der Waals surface area contributed by atoms with Crippen LogP contribution < -0.4 is 0 Å². The zero-order chi connectivity index (χ0) is 23.3. The second-order valence-electron chi connectivity index (χ2n) is 7.49. The lowest BCUT2D eigenvalue weighted by Crippen LogP contribution is -2.05. The maximum absolute atomic E-state index is 14.3. The van der Waals surface area contributed by atoms with Crippen molar-refractivity contribution in [1.29, 1.82) is 0 Å². The highest BCUT2D eigenvalue weighted by Crippen LogP contribution is 2.29. The number of benzene rings is 2. The van der Waals surface area contributed by atoms with E-state index in [9.17, 15) is 13.2 Å². The van der Waals surface area contributed by atoms with Crippen LogP contribution in [0.3, 0.4) is 0 Å². The Labute approximate surface area is 190 Å². The van der Waals surface area contributed by atoms with E-state index in [1.807, 2.05) is 6.92 Å². The van der Waals surface area contributed by atoms with E-state index in [-0.39, 0.29) is 12.4 Å². The third-order valence-corrected chi connectivity index (χ3v) is 5.59. The molecular formula is C23H15ClF3N5O. The van der Waals surface area contributed by atoms with Gasteiger partial charge in [0.2, 0.25) is 0 Å². The van der Waals surface area contributed by atoms with E-state index in [4.69, 9.17) is 16.1 Å². The van der Waals surface area contributed by atoms with Crippen molar-refractivity contribution in [3.63, 3.8) is 0 Å². The van der Waals surface area contributed by atoms with Crippen molar-refractivity contribution in [2.75, 3.05) is 0 Å². The van der Waals surface area contributed by atoms with Crippen molar-refractivity contribution in [1.82, 2.24) is 24.9 Å². The van der Waals surface area contributed by atoms with Crippen LogP contribution in [-0.4, -0.2) is 24.9 Å². The fraction of sp³-hybridized carbons (Fsp3) is 0.130. The number of aromatic nitrogens is 5. The minimum Gasteiger partial charge on any atom is -0.361 e. The quantitative estimate of drug-likeness (QED) is 0.313. The Morgan fingerprint density at radius 2 is 1.73 bits per heavy atom. The molecule has 0 aliphatic rings. The molecule has 0 unspecified atom stereocenters. The van der Waals surface area contributed by atoms with Crippen molar-refractivity contribution in [3.8, 4) is 17.1 Å². The number of fused-ring (bicyclic) bond motifs is 1. The van der Waals surface area contributed by atoms with Crippen LogP contribution in [0.5, 0.6) is 0 Å². The zero-order valence-corrected chi connectivity index (χ0v) is 18.2. The molecule has 5 aromatic rings. The maximum Gasteiger partial charge on any atom is 0.251 e. The minimum atomic E-state index is -1.25. The molecule has 0 radical (unpaired) electrons. The second kappa shape index (κ2) is 8.00. The van der Waals surface area contributed by atoms with Crippen LogP contribution in [0.4, 0.5) is 13.2 Å². The Balaban J connectivity index is 1.61. The normalized spacial score (nSPS) is 11.5. The molecule has 33 heavy (non-hydrogen) atoms. The molecule has 0 spiro atoms. The summed E-state index contributed by atoms with van der Waals surface area (Å²) in [5.74, 6) is -2.36. The predicted octanol–water partition coefficient (Wildman–Crippen LogP) is 5.75. The number of hydrogen-bond donors (Lipinski definition) is 0. The molecule has 3 aromatic heterocycles. The summed E-state index contributed by atoms with van der Waals surface area (Å²) >= 11 is 6.15. The molecule has 3 heterocycles. The summed E-state index contributed by atoms with van der Waals surface area (Å²) in [6.07, 6.45) is 2.95. The molecule has 5 rings (SSSR count). The van der Waals surface area contributed by atoms with Gasteiger partial charge in [-0.3, -0.25) is 0 Å². The molecule has 0 fully saturated rings. The molecule has 0 saturated heterocycles. The largest absolute Gasteiger partial charge is 0.361 e. The summed E-state index contributed by atoms with van der Waals surface area (Å²) in [4.78, 5) is 8.82. The van der Waals surface area contributed by atoms with Crippen LogP contribution in [0.15, 0.2) is 47.2 Å². The molecule has 0 aliphatic carbocycles. The second-order valence-corrected chi connectivity index (χ2v) is 7.93. The van der Waals surface area contributed by atoms with E-state index in [0.29, 0.717) is 33.1 Å². The van der Waals surface area contributed by atoms with E-state index in [1.54, 1.807) is 37.5 Å². The fourth-order valence-electron chi connectivity index (χ4n) is 3.79. The first-order valence-electron chi connectivity index (χ1n) is 9.88. The lowest BCUT2D eigenvalue weighted by atomic mass is 10.1. The van der Waals surface area contributed by atoms with E-state index < -0.39 is 23.0 Å². The lowest BCUT2D eigenvalue weighted by Gasteiger charge is -2.04. The average Bonchev–Trinajstić information content (AvgIpc) is 3.33. The highest BCUT2D eigenvalue weighted by Gasteiger charge is 2.20. The van der Waals surface area contributed by atoms with Crippen LogP contribution in [0.2, 0.25) is 5.02 Å². The summed E-state index contributed by atoms with van der Waals surface area (Å²) in [6, 6.07) is 6.63. The molecule has 0 aliphatic heterocycles. The van der Waals surface area contributed by atoms with Crippen molar-refractivity contribution in [2.45, 2.75) is 20.3 Å². The minimum absolute atomic E-state index is 0.240. The molecule has 0 amide bonds. The Hall–Kier alpha value is -3.72. The van der Waals surface area contributed by atoms with Gasteiger partial charge in [0.05, 0.1) is 22.5 Å². The van der Waals surface area contributed by atoms with Gasteiger partial charge in [0, 0.05) is 40.4 Å². The Kier molecular flexibility index (Phi) is 5.13. The van der Waals surface area contributed by atoms with Crippen molar-refractivity contribution in [3.05, 3.63) is 87.9 Å². The molecule has 2 aromatic carbocycles. The van der Waals surface area contributed by atoms with Gasteiger partial charge in [0.1, 0.15) is 11.6 Å². The van der Waals surface area contributed by atoms with Gasteiger partial charge in [0.15, 0.2) is 11.6 Å². The SMILES string of the molecule is Cc1noc(C)c1-c1cnc(-n2nc(Cc3c(F)ccc(F)c3F)c3cc(Cl)ccc32)nc1. The van der Waals surface area contributed by atoms with E-state index in [2.05, 4.69) is 20.2 Å². The molecule has 6 nitrogen and oxygen atoms in total. The van der Waals surface area contributed by atoms with Gasteiger partial charge in [0.25, 0.3) is 5.95 Å². The summed E-state index contributed by atoms with van der Waals surface area (Å²) < 4.78 is 48.9. The smallest absolute Gasteiger partial charge is 0.251 e. The summed E-state index contributed by atoms with van der Waals surface area (Å²) in [7, 11) is 0. The highest BCUT2D eigenvalue weighted by molar-refractivity contribution is 6.31. The first-order valence-corrected chi connectivity index (χ1v) is 10.3. The van der Waals surface area contributed by atoms with Gasteiger partial charge in [-0.2, -0.15) is 9.78 Å². The fourth-order valence-corrected chi connectivity index (χ4v) is 3.96. The van der Waals surface area contributed by atoms with E-state index >= 15 is 0 Å². The summed E-state index contributed by atoms with van der Waals surface area (Å²) in [5, 5.41) is 9.38. The Morgan fingerprint density at radius 1 is 1.00 bits per heavy atom. The average molecular weight is 470 g/mol. The van der Waals surface area contributed by atoms with Crippen LogP contribution in [0.1, 0.15) is 22.7 Å². The highest BCUT2D eigenvalue weighted by atomic mass is 35.5. The lowest BCUT2D eigenvalue weighted by molar-refractivity contribution is 0.393. The Morgan fingerprint density at radius 3 is 2.42 bits per heavy atom. The standard InChI is InChI=1S/C23H15ClF3N5O/c1-11-21(12(2)33-31-11)13-9-28-23(29-10-13)32-20-6-3-14(24)7-16(20)19(30-32)8-15-17(25)4-5-18(26)22(15)27/h3-7,9-10H,8H2,1-2H3. The molecule has 166 valence electrons. The molecule has 0 N–H and O–H groups in total. The monoisotopic (exact) mass is 469 g/mol. The first kappa shape index (κ1) is 21.1. The number of nitrogens with zero attached hydrogens (tertiary/aromatic N) is 5. The number of hydrogen-bond acceptors (Lipinski definition) is 5. The third kappa shape index (κ3) is 3.64. The summed E-state index contributed by atoms with van der Waals surface area (Å²) in [6.45, 7) is 3.62. The molecule has 0 atom stereocenters. The van der Waals surface area contributed by atoms with Crippen LogP contribution >= 0.6 is 11.6 Å². The van der Waals surface area contributed by atoms with E-state index in [0.717, 1.165) is 23.3 Å². The van der Waals surface area contributed by atoms with Crippen LogP contribution in [0.25, 0.3) is 28.0 Å². The van der Waals surface area contributed by atoms with Gasteiger partial charge in [-0.25, -0.2) is 23.1 Å². The van der Waals surface area contributed by atoms with Crippen molar-refractivity contribution in [2.24, 2.45) is 0 Å². The topological polar surface area (TPSA) is 69.6 Å². The number of rotatable bonds is 4. The third-order valence-electron chi connectivity index (χ3n) is 5.35. The van der Waals surface area contributed by atoms with Crippen molar-refractivity contribution >= 4 is 22.5 Å². The van der Waals surface area contributed by atoms with Gasteiger partial charge in [-0.05, 0) is 44.2 Å². The maximum atomic E-state index is 14.3. The van der Waals surface area contributed by atoms with Gasteiger partial charge in [-0.1, -0.05) is 16.8 Å². The van der Waals surface area contributed by atoms with Gasteiger partial charge >= 0.3 is 0 Å². The molecule has 0 saturated carbocycles. The van der Waals surface area contributed by atoms with Crippen LogP contribution in [0, 0.1) is 31.3 Å². The predicted molar refractivity (Wildman–Crippen MR) is 116 cm³/mol. The molecule has 10 heteroatoms. The zero-order valence-electron chi connectivity index (χ0n) is 17.4. The van der Waals surface area contributed by atoms with E-state index in [1.165, 1.54) is 4.68 Å². The van der Waals surface area contributed by atoms with Gasteiger partial charge in [-0.15, -0.1) is 0 Å². The van der Waals surface area contributed by atoms with Gasteiger partial charge < -0.3 is 4.52 Å². The summed E-state index contributed by atoms with van der Waals surface area (Å²) in [5.41, 5.74) is 2.70.